The van der Waals surface area contributed by atoms with Gasteiger partial charge in [-0.15, -0.1) is 0 Å². The number of rotatable bonds is 45. The highest BCUT2D eigenvalue weighted by Crippen LogP contribution is 2.43. The minimum absolute atomic E-state index is 0.0149. The fourth-order valence-electron chi connectivity index (χ4n) is 6.22. The second kappa shape index (κ2) is 48.2. The number of esters is 2. The zero-order valence-electron chi connectivity index (χ0n) is 43.3. The van der Waals surface area contributed by atoms with E-state index in [1.54, 1.807) is 0 Å². The molecule has 68 heavy (non-hydrogen) atoms. The molecule has 0 heterocycles. The fraction of sp³-hybridized carbons (Fsp3) is 0.586. The number of unbranched alkanes of at least 4 members (excludes halogenated alkanes) is 9. The molecule has 0 aromatic heterocycles. The predicted octanol–water partition coefficient (Wildman–Crippen LogP) is 15.8. The lowest BCUT2D eigenvalue weighted by atomic mass is 10.1. The molecule has 0 spiro atoms. The van der Waals surface area contributed by atoms with Gasteiger partial charge >= 0.3 is 19.8 Å². The summed E-state index contributed by atoms with van der Waals surface area (Å²) in [5.74, 6) is -0.861. The Morgan fingerprint density at radius 3 is 1.18 bits per heavy atom. The van der Waals surface area contributed by atoms with E-state index in [0.717, 1.165) is 128 Å². The number of phosphoric ester groups is 1. The first-order valence-corrected chi connectivity index (χ1v) is 27.4. The van der Waals surface area contributed by atoms with Crippen molar-refractivity contribution >= 4 is 19.8 Å². The van der Waals surface area contributed by atoms with Gasteiger partial charge in [0, 0.05) is 12.8 Å². The molecule has 0 bridgehead atoms. The third-order valence-corrected chi connectivity index (χ3v) is 11.2. The number of hydrogen-bond donors (Lipinski definition) is 1. The maximum absolute atomic E-state index is 12.8. The van der Waals surface area contributed by atoms with Gasteiger partial charge in [0.15, 0.2) is 6.10 Å². The second-order valence-corrected chi connectivity index (χ2v) is 19.2. The Morgan fingerprint density at radius 2 is 0.794 bits per heavy atom. The quantitative estimate of drug-likeness (QED) is 0.0211. The zero-order chi connectivity index (χ0) is 49.9. The first-order valence-electron chi connectivity index (χ1n) is 25.9. The van der Waals surface area contributed by atoms with E-state index in [4.69, 9.17) is 18.5 Å². The monoisotopic (exact) mass is 965 g/mol. The first kappa shape index (κ1) is 64.2. The van der Waals surface area contributed by atoms with Crippen LogP contribution in [0.25, 0.3) is 0 Å². The van der Waals surface area contributed by atoms with E-state index in [1.807, 2.05) is 21.1 Å². The van der Waals surface area contributed by atoms with Crippen LogP contribution in [0.1, 0.15) is 168 Å². The SMILES string of the molecule is CC/C=C\C/C=C\C/C=C\C/C=C\C/C=C\C/C=C\C/C=C\C/C=C\CCCCCCC(=O)OC(COC(=O)CCCCCCC/C=C\C/C=C\C/C=C\CC)COP(=O)(O)OCC[N+](C)(C)C. The highest BCUT2D eigenvalue weighted by molar-refractivity contribution is 7.47. The van der Waals surface area contributed by atoms with Gasteiger partial charge in [-0.3, -0.25) is 18.6 Å². The molecule has 2 atom stereocenters. The van der Waals surface area contributed by atoms with Crippen LogP contribution in [0, 0.1) is 0 Å². The molecule has 0 aliphatic rings. The van der Waals surface area contributed by atoms with Crippen LogP contribution in [0.3, 0.4) is 0 Å². The fourth-order valence-corrected chi connectivity index (χ4v) is 6.96. The van der Waals surface area contributed by atoms with Crippen molar-refractivity contribution in [3.8, 4) is 0 Å². The Kier molecular flexibility index (Phi) is 45.5. The Labute approximate surface area is 415 Å². The van der Waals surface area contributed by atoms with Gasteiger partial charge in [-0.25, -0.2) is 4.57 Å². The molecule has 2 unspecified atom stereocenters. The number of carbonyl (C=O) groups excluding carboxylic acids is 2. The highest BCUT2D eigenvalue weighted by atomic mass is 31.2. The van der Waals surface area contributed by atoms with E-state index in [9.17, 15) is 19.0 Å². The molecule has 0 aromatic carbocycles. The van der Waals surface area contributed by atoms with E-state index in [1.165, 1.54) is 0 Å². The maximum atomic E-state index is 12.8. The van der Waals surface area contributed by atoms with Crippen LogP contribution in [0.15, 0.2) is 134 Å². The van der Waals surface area contributed by atoms with Gasteiger partial charge in [-0.2, -0.15) is 0 Å². The minimum Gasteiger partial charge on any atom is -0.462 e. The van der Waals surface area contributed by atoms with Gasteiger partial charge in [0.1, 0.15) is 19.8 Å². The average Bonchev–Trinajstić information content (AvgIpc) is 3.30. The van der Waals surface area contributed by atoms with E-state index < -0.39 is 32.5 Å². The molecule has 1 N–H and O–H groups in total. The number of nitrogens with zero attached hydrogens (tertiary/aromatic N) is 1. The summed E-state index contributed by atoms with van der Waals surface area (Å²) in [6, 6.07) is 0. The third kappa shape index (κ3) is 51.5. The third-order valence-electron chi connectivity index (χ3n) is 10.2. The maximum Gasteiger partial charge on any atom is 0.472 e. The Balaban J connectivity index is 4.34. The number of phosphoric acid groups is 1. The largest absolute Gasteiger partial charge is 0.472 e. The van der Waals surface area contributed by atoms with E-state index in [2.05, 4.69) is 148 Å². The van der Waals surface area contributed by atoms with Crippen molar-refractivity contribution < 1.29 is 42.1 Å². The average molecular weight is 965 g/mol. The topological polar surface area (TPSA) is 108 Å². The van der Waals surface area contributed by atoms with E-state index in [0.29, 0.717) is 23.9 Å². The lowest BCUT2D eigenvalue weighted by molar-refractivity contribution is -0.870. The van der Waals surface area contributed by atoms with Crippen LogP contribution in [0.2, 0.25) is 0 Å². The summed E-state index contributed by atoms with van der Waals surface area (Å²) < 4.78 is 34.4. The number of ether oxygens (including phenoxy) is 2. The molecular formula is C58H95NO8P+. The van der Waals surface area contributed by atoms with Crippen LogP contribution < -0.4 is 0 Å². The van der Waals surface area contributed by atoms with Crippen LogP contribution in [0.5, 0.6) is 0 Å². The van der Waals surface area contributed by atoms with E-state index >= 15 is 0 Å². The summed E-state index contributed by atoms with van der Waals surface area (Å²) in [4.78, 5) is 35.5. The van der Waals surface area contributed by atoms with Crippen molar-refractivity contribution in [2.45, 2.75) is 174 Å². The standard InChI is InChI=1S/C58H94NO8P/c1-6-8-10-12-14-16-18-20-22-23-24-25-26-27-28-29-30-31-32-33-34-35-37-39-41-43-45-47-49-51-58(61)67-56(55-66-68(62,63)65-53-52-59(3,4)5)54-64-57(60)50-48-46-44-42-40-38-36-21-19-17-15-13-11-9-7-2/h8-11,14-17,20-22,24-25,27-28,30-31,33-34,36-37,39,56H,6-7,12-13,18-19,23,26,29,32,35,38,40-55H2,1-5H3/p+1/b10-8-,11-9-,16-14-,17-15-,22-20-,25-24-,28-27-,31-30-,34-33-,36-21-,39-37-. The number of likely N-dealkylation sites (N-methyl/N-ethyl adjacent to an activating group) is 1. The predicted molar refractivity (Wildman–Crippen MR) is 288 cm³/mol. The number of carbonyl (C=O) groups is 2. The molecule has 0 aliphatic carbocycles. The number of quaternary nitrogens is 1. The van der Waals surface area contributed by atoms with Crippen molar-refractivity contribution in [1.29, 1.82) is 0 Å². The smallest absolute Gasteiger partial charge is 0.462 e. The van der Waals surface area contributed by atoms with Gasteiger partial charge in [0.2, 0.25) is 0 Å². The molecule has 0 saturated heterocycles. The van der Waals surface area contributed by atoms with Crippen LogP contribution in [-0.2, 0) is 32.7 Å². The normalized spacial score (nSPS) is 14.5. The molecule has 9 nitrogen and oxygen atoms in total. The molecular weight excluding hydrogens is 870 g/mol. The molecule has 384 valence electrons. The van der Waals surface area contributed by atoms with Gasteiger partial charge in [-0.05, 0) is 109 Å². The summed E-state index contributed by atoms with van der Waals surface area (Å²) in [5.41, 5.74) is 0. The van der Waals surface area contributed by atoms with Crippen molar-refractivity contribution in [1.82, 2.24) is 0 Å². The molecule has 0 aliphatic heterocycles. The summed E-state index contributed by atoms with van der Waals surface area (Å²) in [6.45, 7) is 4.12. The van der Waals surface area contributed by atoms with Gasteiger partial charge < -0.3 is 18.9 Å². The zero-order valence-corrected chi connectivity index (χ0v) is 44.2. The Hall–Kier alpha value is -3.85. The van der Waals surface area contributed by atoms with Crippen LogP contribution in [0.4, 0.5) is 0 Å². The molecule has 0 fully saturated rings. The summed E-state index contributed by atoms with van der Waals surface area (Å²) >= 11 is 0. The van der Waals surface area contributed by atoms with Crippen LogP contribution >= 0.6 is 7.82 Å². The molecule has 0 radical (unpaired) electrons. The van der Waals surface area contributed by atoms with Gasteiger partial charge in [0.25, 0.3) is 0 Å². The lowest BCUT2D eigenvalue weighted by Gasteiger charge is -2.24. The first-order chi connectivity index (χ1) is 33.0. The van der Waals surface area contributed by atoms with Gasteiger partial charge in [0.05, 0.1) is 27.7 Å². The van der Waals surface area contributed by atoms with Gasteiger partial charge in [-0.1, -0.05) is 180 Å². The van der Waals surface area contributed by atoms with Crippen molar-refractivity contribution in [2.75, 3.05) is 47.5 Å². The molecule has 0 amide bonds. The second-order valence-electron chi connectivity index (χ2n) is 17.8. The molecule has 0 saturated carbocycles. The lowest BCUT2D eigenvalue weighted by Crippen LogP contribution is -2.37. The molecule has 10 heteroatoms. The number of allylic oxidation sites excluding steroid dienone is 22. The molecule has 0 aromatic rings. The summed E-state index contributed by atoms with van der Waals surface area (Å²) in [5, 5.41) is 0. The van der Waals surface area contributed by atoms with Crippen molar-refractivity contribution in [3.63, 3.8) is 0 Å². The Bertz CT molecular complexity index is 1610. The number of hydrogen-bond acceptors (Lipinski definition) is 7. The minimum atomic E-state index is -4.40. The van der Waals surface area contributed by atoms with Crippen molar-refractivity contribution in [2.24, 2.45) is 0 Å². The van der Waals surface area contributed by atoms with E-state index in [-0.39, 0.29) is 26.1 Å². The summed E-state index contributed by atoms with van der Waals surface area (Å²) in [7, 11) is 1.42. The highest BCUT2D eigenvalue weighted by Gasteiger charge is 2.27. The molecule has 0 rings (SSSR count). The Morgan fingerprint density at radius 1 is 0.456 bits per heavy atom. The van der Waals surface area contributed by atoms with Crippen LogP contribution in [-0.4, -0.2) is 74.9 Å². The van der Waals surface area contributed by atoms with Crippen molar-refractivity contribution in [3.05, 3.63) is 134 Å². The summed E-state index contributed by atoms with van der Waals surface area (Å²) in [6.07, 6.45) is 69.4.